The van der Waals surface area contributed by atoms with Crippen LogP contribution in [0.2, 0.25) is 0 Å². The molecule has 23 heavy (non-hydrogen) atoms. The molecule has 0 atom stereocenters. The molecule has 0 aliphatic carbocycles. The lowest BCUT2D eigenvalue weighted by Crippen LogP contribution is -2.06. The van der Waals surface area contributed by atoms with Gasteiger partial charge in [-0.05, 0) is 38.5 Å². The van der Waals surface area contributed by atoms with Crippen molar-refractivity contribution < 1.29 is 9.53 Å². The molecule has 0 unspecified atom stereocenters. The molecule has 0 aromatic rings. The lowest BCUT2D eigenvalue weighted by molar-refractivity contribution is -0.140. The molecule has 0 fully saturated rings. The maximum atomic E-state index is 10.9. The Bertz CT molecular complexity index is 311. The Kier molecular flexibility index (Phi) is 18.8. The smallest absolute Gasteiger partial charge is 0.315 e. The Labute approximate surface area is 149 Å². The zero-order valence-electron chi connectivity index (χ0n) is 15.0. The number of thiol groups is 1. The summed E-state index contributed by atoms with van der Waals surface area (Å²) in [6, 6.07) is 0. The molecule has 3 heteroatoms. The Hall–Kier alpha value is -0.700. The van der Waals surface area contributed by atoms with Crippen LogP contribution >= 0.6 is 12.6 Å². The van der Waals surface area contributed by atoms with Crippen LogP contribution in [0.5, 0.6) is 0 Å². The summed E-state index contributed by atoms with van der Waals surface area (Å²) >= 11 is 3.87. The van der Waals surface area contributed by atoms with Gasteiger partial charge in [0.25, 0.3) is 0 Å². The third-order valence-electron chi connectivity index (χ3n) is 3.74. The van der Waals surface area contributed by atoms with Crippen molar-refractivity contribution >= 4 is 18.6 Å². The number of hydrogen-bond acceptors (Lipinski definition) is 3. The summed E-state index contributed by atoms with van der Waals surface area (Å²) in [5.41, 5.74) is 0. The fourth-order valence-electron chi connectivity index (χ4n) is 2.32. The van der Waals surface area contributed by atoms with Crippen molar-refractivity contribution in [3.63, 3.8) is 0 Å². The molecule has 0 bridgehead atoms. The fourth-order valence-corrected chi connectivity index (χ4v) is 2.41. The van der Waals surface area contributed by atoms with Gasteiger partial charge in [-0.1, -0.05) is 69.8 Å². The van der Waals surface area contributed by atoms with Gasteiger partial charge in [0.15, 0.2) is 0 Å². The highest BCUT2D eigenvalue weighted by atomic mass is 32.1. The molecule has 0 N–H and O–H groups in total. The van der Waals surface area contributed by atoms with E-state index in [9.17, 15) is 4.79 Å². The molecule has 0 rings (SSSR count). The van der Waals surface area contributed by atoms with E-state index < -0.39 is 0 Å². The summed E-state index contributed by atoms with van der Waals surface area (Å²) < 4.78 is 4.98. The maximum absolute atomic E-state index is 10.9. The van der Waals surface area contributed by atoms with Crippen LogP contribution < -0.4 is 0 Å². The highest BCUT2D eigenvalue weighted by Crippen LogP contribution is 2.08. The summed E-state index contributed by atoms with van der Waals surface area (Å²) in [5.74, 6) is -0.0294. The van der Waals surface area contributed by atoms with Crippen LogP contribution in [0.3, 0.4) is 0 Å². The van der Waals surface area contributed by atoms with Crippen molar-refractivity contribution in [2.24, 2.45) is 0 Å². The molecule has 134 valence electrons. The van der Waals surface area contributed by atoms with Crippen molar-refractivity contribution in [3.8, 4) is 0 Å². The molecule has 0 saturated heterocycles. The van der Waals surface area contributed by atoms with Crippen molar-refractivity contribution in [2.45, 2.75) is 84.0 Å². The van der Waals surface area contributed by atoms with Gasteiger partial charge in [-0.2, -0.15) is 12.6 Å². The molecular weight excluding hydrogens is 304 g/mol. The molecular formula is C20H36O2S. The Morgan fingerprint density at radius 1 is 0.826 bits per heavy atom. The lowest BCUT2D eigenvalue weighted by atomic mass is 10.1. The van der Waals surface area contributed by atoms with Crippen LogP contribution in [0.15, 0.2) is 24.3 Å². The number of rotatable bonds is 16. The monoisotopic (exact) mass is 340 g/mol. The van der Waals surface area contributed by atoms with Crippen LogP contribution in [0.4, 0.5) is 0 Å². The predicted molar refractivity (Wildman–Crippen MR) is 104 cm³/mol. The van der Waals surface area contributed by atoms with Gasteiger partial charge in [0.2, 0.25) is 0 Å². The number of esters is 1. The van der Waals surface area contributed by atoms with Crippen molar-refractivity contribution in [1.29, 1.82) is 0 Å². The van der Waals surface area contributed by atoms with Crippen LogP contribution in [0.1, 0.15) is 84.0 Å². The normalized spacial score (nSPS) is 11.6. The second kappa shape index (κ2) is 19.3. The molecule has 0 saturated carbocycles. The first kappa shape index (κ1) is 22.3. The Balaban J connectivity index is 3.17. The quantitative estimate of drug-likeness (QED) is 0.155. The fraction of sp³-hybridized carbons (Fsp3) is 0.750. The lowest BCUT2D eigenvalue weighted by Gasteiger charge is -2.03. The number of unbranched alkanes of at least 4 members (excludes halogenated alkanes) is 9. The number of carbonyl (C=O) groups excluding carboxylic acids is 1. The zero-order chi connectivity index (χ0) is 17.0. The summed E-state index contributed by atoms with van der Waals surface area (Å²) in [4.78, 5) is 10.9. The number of allylic oxidation sites excluding steroid dienone is 4. The SMILES string of the molecule is CCCCCC=CCC=CCCCCCCCCOC(=O)CS. The van der Waals surface area contributed by atoms with E-state index in [-0.39, 0.29) is 11.7 Å². The van der Waals surface area contributed by atoms with Gasteiger partial charge in [-0.15, -0.1) is 0 Å². The molecule has 0 heterocycles. The second-order valence-corrected chi connectivity index (χ2v) is 6.28. The van der Waals surface area contributed by atoms with Crippen molar-refractivity contribution in [2.75, 3.05) is 12.4 Å². The maximum Gasteiger partial charge on any atom is 0.315 e. The van der Waals surface area contributed by atoms with Gasteiger partial charge in [0.1, 0.15) is 0 Å². The van der Waals surface area contributed by atoms with E-state index in [4.69, 9.17) is 4.74 Å². The van der Waals surface area contributed by atoms with Gasteiger partial charge in [0, 0.05) is 0 Å². The van der Waals surface area contributed by atoms with E-state index in [2.05, 4.69) is 43.9 Å². The highest BCUT2D eigenvalue weighted by Gasteiger charge is 1.97. The van der Waals surface area contributed by atoms with E-state index >= 15 is 0 Å². The van der Waals surface area contributed by atoms with Crippen LogP contribution in [-0.2, 0) is 9.53 Å². The number of carbonyl (C=O) groups is 1. The first-order valence-corrected chi connectivity index (χ1v) is 10.0. The third-order valence-corrected chi connectivity index (χ3v) is 4.00. The standard InChI is InChI=1S/C20H36O2S/c1-2-3-4-5-6-7-8-9-10-11-12-13-14-15-16-17-18-22-20(21)19-23/h6-7,9-10,23H,2-5,8,11-19H2,1H3. The molecule has 0 aromatic heterocycles. The van der Waals surface area contributed by atoms with Crippen LogP contribution in [0, 0.1) is 0 Å². The van der Waals surface area contributed by atoms with E-state index in [1.165, 1.54) is 57.8 Å². The minimum absolute atomic E-state index is 0.183. The van der Waals surface area contributed by atoms with Gasteiger partial charge in [0.05, 0.1) is 12.4 Å². The van der Waals surface area contributed by atoms with Gasteiger partial charge < -0.3 is 4.74 Å². The highest BCUT2D eigenvalue weighted by molar-refractivity contribution is 7.81. The van der Waals surface area contributed by atoms with Gasteiger partial charge in [-0.3, -0.25) is 4.79 Å². The van der Waals surface area contributed by atoms with Gasteiger partial charge in [-0.25, -0.2) is 0 Å². The average Bonchev–Trinajstić information content (AvgIpc) is 2.57. The van der Waals surface area contributed by atoms with Crippen molar-refractivity contribution in [3.05, 3.63) is 24.3 Å². The summed E-state index contributed by atoms with van der Waals surface area (Å²) in [5, 5.41) is 0. The molecule has 0 aliphatic rings. The molecule has 0 aromatic carbocycles. The molecule has 0 radical (unpaired) electrons. The average molecular weight is 341 g/mol. The van der Waals surface area contributed by atoms with Crippen LogP contribution in [0.25, 0.3) is 0 Å². The van der Waals surface area contributed by atoms with Gasteiger partial charge >= 0.3 is 5.97 Å². The van der Waals surface area contributed by atoms with Crippen molar-refractivity contribution in [1.82, 2.24) is 0 Å². The second-order valence-electron chi connectivity index (χ2n) is 5.96. The molecule has 0 spiro atoms. The predicted octanol–water partition coefficient (Wildman–Crippen LogP) is 6.27. The summed E-state index contributed by atoms with van der Waals surface area (Å²) in [6.45, 7) is 2.79. The van der Waals surface area contributed by atoms with E-state index in [1.807, 2.05) is 0 Å². The van der Waals surface area contributed by atoms with E-state index in [1.54, 1.807) is 0 Å². The first-order valence-electron chi connectivity index (χ1n) is 9.37. The van der Waals surface area contributed by atoms with Crippen LogP contribution in [-0.4, -0.2) is 18.3 Å². The first-order chi connectivity index (χ1) is 11.3. The Morgan fingerprint density at radius 2 is 1.39 bits per heavy atom. The number of hydrogen-bond donors (Lipinski definition) is 1. The van der Waals surface area contributed by atoms with E-state index in [0.717, 1.165) is 19.3 Å². The third kappa shape index (κ3) is 19.3. The minimum Gasteiger partial charge on any atom is -0.465 e. The molecule has 0 amide bonds. The zero-order valence-corrected chi connectivity index (χ0v) is 15.9. The summed E-state index contributed by atoms with van der Waals surface area (Å²) in [7, 11) is 0. The number of ether oxygens (including phenoxy) is 1. The van der Waals surface area contributed by atoms with E-state index in [0.29, 0.717) is 6.61 Å². The largest absolute Gasteiger partial charge is 0.465 e. The minimum atomic E-state index is -0.212. The Morgan fingerprint density at radius 3 is 2.00 bits per heavy atom. The summed E-state index contributed by atoms with van der Waals surface area (Å²) in [6.07, 6.45) is 23.9. The molecule has 2 nitrogen and oxygen atoms in total. The topological polar surface area (TPSA) is 26.3 Å². The molecule has 0 aliphatic heterocycles.